The molecule has 48 heavy (non-hydrogen) atoms. The predicted molar refractivity (Wildman–Crippen MR) is 188 cm³/mol. The van der Waals surface area contributed by atoms with E-state index in [0.717, 1.165) is 86.8 Å². The summed E-state index contributed by atoms with van der Waals surface area (Å²) in [7, 11) is 0. The van der Waals surface area contributed by atoms with Gasteiger partial charge in [-0.3, -0.25) is 34.7 Å². The van der Waals surface area contributed by atoms with E-state index in [1.165, 1.54) is 0 Å². The smallest absolute Gasteiger partial charge is 0.276 e. The van der Waals surface area contributed by atoms with Gasteiger partial charge in [0.05, 0.1) is 17.6 Å². The lowest BCUT2D eigenvalue weighted by Gasteiger charge is -2.36. The Morgan fingerprint density at radius 1 is 0.750 bits per heavy atom. The van der Waals surface area contributed by atoms with Crippen LogP contribution in [0.4, 0.5) is 0 Å². The van der Waals surface area contributed by atoms with E-state index in [1.54, 1.807) is 0 Å². The number of hydrogen-bond acceptors (Lipinski definition) is 8. The number of piperidine rings is 2. The molecule has 7 rings (SSSR count). The average molecular weight is 655 g/mol. The minimum absolute atomic E-state index is 0.0400. The molecule has 3 fully saturated rings. The Kier molecular flexibility index (Phi) is 9.50. The van der Waals surface area contributed by atoms with Crippen molar-refractivity contribution < 1.29 is 9.59 Å². The van der Waals surface area contributed by atoms with E-state index in [9.17, 15) is 9.59 Å². The first-order chi connectivity index (χ1) is 23.3. The SMILES string of the molecule is CC(C)n1nc(C(=O)NCCN2CCC(NNC3CCN([C@@H]4CN4C(=O)c4nn(C(C)C)c5ccccc45)CC3)CC2)c2ccccc21. The van der Waals surface area contributed by atoms with E-state index in [-0.39, 0.29) is 30.1 Å². The number of nitrogens with zero attached hydrogens (tertiary/aromatic N) is 7. The van der Waals surface area contributed by atoms with Crippen molar-refractivity contribution in [1.82, 2.24) is 50.4 Å². The molecule has 2 aromatic carbocycles. The molecule has 4 aromatic rings. The van der Waals surface area contributed by atoms with Crippen LogP contribution >= 0.6 is 0 Å². The Balaban J connectivity index is 0.802. The molecule has 256 valence electrons. The molecule has 0 saturated carbocycles. The second-order valence-corrected chi connectivity index (χ2v) is 14.2. The summed E-state index contributed by atoms with van der Waals surface area (Å²) < 4.78 is 3.89. The summed E-state index contributed by atoms with van der Waals surface area (Å²) in [5.74, 6) is -0.0661. The Labute approximate surface area is 282 Å². The van der Waals surface area contributed by atoms with Crippen LogP contribution in [-0.4, -0.2) is 110 Å². The van der Waals surface area contributed by atoms with Gasteiger partial charge in [-0.1, -0.05) is 36.4 Å². The second-order valence-electron chi connectivity index (χ2n) is 14.2. The molecule has 3 saturated heterocycles. The van der Waals surface area contributed by atoms with Crippen molar-refractivity contribution in [3.63, 3.8) is 0 Å². The Morgan fingerprint density at radius 3 is 1.85 bits per heavy atom. The van der Waals surface area contributed by atoms with Crippen molar-refractivity contribution in [2.24, 2.45) is 0 Å². The molecule has 2 aromatic heterocycles. The van der Waals surface area contributed by atoms with Crippen LogP contribution in [0.1, 0.15) is 86.4 Å². The van der Waals surface area contributed by atoms with E-state index >= 15 is 0 Å². The van der Waals surface area contributed by atoms with Gasteiger partial charge in [-0.15, -0.1) is 0 Å². The van der Waals surface area contributed by atoms with E-state index in [2.05, 4.69) is 58.8 Å². The van der Waals surface area contributed by atoms with Crippen LogP contribution in [-0.2, 0) is 0 Å². The van der Waals surface area contributed by atoms with Crippen molar-refractivity contribution in [3.05, 3.63) is 59.9 Å². The van der Waals surface area contributed by atoms with Crippen LogP contribution in [0.15, 0.2) is 48.5 Å². The van der Waals surface area contributed by atoms with Crippen molar-refractivity contribution in [1.29, 1.82) is 0 Å². The number of rotatable bonds is 11. The standard InChI is InChI=1S/C36H50N10O2/c1-24(2)45-30-11-7-5-9-28(30)33(40-45)35(47)37-17-22-42-18-13-26(14-19-42)38-39-27-15-20-43(21-16-27)32-23-44(32)36(48)34-29-10-6-8-12-31(29)46(41-34)25(3)4/h5-12,24-27,32,38-39H,13-23H2,1-4H3,(H,37,47)/t32-,44?/m0/s1. The van der Waals surface area contributed by atoms with Gasteiger partial charge >= 0.3 is 0 Å². The number of hydrazine groups is 1. The zero-order valence-electron chi connectivity index (χ0n) is 28.7. The third-order valence-electron chi connectivity index (χ3n) is 10.2. The first-order valence-corrected chi connectivity index (χ1v) is 17.8. The van der Waals surface area contributed by atoms with Gasteiger partial charge in [0.2, 0.25) is 0 Å². The molecule has 2 amide bonds. The van der Waals surface area contributed by atoms with Crippen LogP contribution in [0.2, 0.25) is 0 Å². The van der Waals surface area contributed by atoms with Gasteiger partial charge in [0.25, 0.3) is 11.8 Å². The summed E-state index contributed by atoms with van der Waals surface area (Å²) >= 11 is 0. The molecule has 3 aliphatic heterocycles. The molecule has 0 unspecified atom stereocenters. The fraction of sp³-hybridized carbons (Fsp3) is 0.556. The predicted octanol–water partition coefficient (Wildman–Crippen LogP) is 3.78. The number of amides is 2. The van der Waals surface area contributed by atoms with Crippen LogP contribution in [0.5, 0.6) is 0 Å². The molecule has 5 heterocycles. The number of carbonyl (C=O) groups excluding carboxylic acids is 2. The van der Waals surface area contributed by atoms with Crippen LogP contribution in [0.3, 0.4) is 0 Å². The first-order valence-electron chi connectivity index (χ1n) is 17.8. The number of fused-ring (bicyclic) bond motifs is 2. The number of likely N-dealkylation sites (tertiary alicyclic amines) is 2. The summed E-state index contributed by atoms with van der Waals surface area (Å²) in [4.78, 5) is 33.3. The molecule has 1 atom stereocenters. The molecule has 12 heteroatoms. The van der Waals surface area contributed by atoms with Gasteiger partial charge in [0.15, 0.2) is 11.4 Å². The lowest BCUT2D eigenvalue weighted by Crippen LogP contribution is -2.54. The lowest BCUT2D eigenvalue weighted by molar-refractivity contribution is 0.0803. The largest absolute Gasteiger partial charge is 0.349 e. The molecule has 0 radical (unpaired) electrons. The third-order valence-corrected chi connectivity index (χ3v) is 10.2. The summed E-state index contributed by atoms with van der Waals surface area (Å²) in [5, 5.41) is 14.3. The highest BCUT2D eigenvalue weighted by Gasteiger charge is 2.45. The fourth-order valence-electron chi connectivity index (χ4n) is 7.38. The maximum absolute atomic E-state index is 13.5. The van der Waals surface area contributed by atoms with Gasteiger partial charge in [-0.2, -0.15) is 10.2 Å². The molecule has 0 bridgehead atoms. The van der Waals surface area contributed by atoms with Crippen molar-refractivity contribution in [2.45, 2.75) is 83.7 Å². The summed E-state index contributed by atoms with van der Waals surface area (Å²) in [6.07, 6.45) is 4.44. The Bertz CT molecular complexity index is 1750. The number of para-hydroxylation sites is 2. The van der Waals surface area contributed by atoms with Crippen LogP contribution in [0.25, 0.3) is 21.8 Å². The molecular weight excluding hydrogens is 604 g/mol. The van der Waals surface area contributed by atoms with Gasteiger partial charge in [-0.25, -0.2) is 0 Å². The van der Waals surface area contributed by atoms with E-state index in [4.69, 9.17) is 5.10 Å². The molecule has 0 aliphatic carbocycles. The van der Waals surface area contributed by atoms with E-state index < -0.39 is 0 Å². The Morgan fingerprint density at radius 2 is 1.27 bits per heavy atom. The van der Waals surface area contributed by atoms with E-state index in [0.29, 0.717) is 30.0 Å². The molecular formula is C36H50N10O2. The topological polar surface area (TPSA) is 115 Å². The van der Waals surface area contributed by atoms with Crippen molar-refractivity contribution in [2.75, 3.05) is 45.8 Å². The second kappa shape index (κ2) is 13.9. The molecule has 3 aliphatic rings. The van der Waals surface area contributed by atoms with Crippen molar-refractivity contribution in [3.8, 4) is 0 Å². The lowest BCUT2D eigenvalue weighted by atomic mass is 10.0. The monoisotopic (exact) mass is 654 g/mol. The first kappa shape index (κ1) is 32.7. The summed E-state index contributed by atoms with van der Waals surface area (Å²) in [6, 6.07) is 17.2. The minimum Gasteiger partial charge on any atom is -0.349 e. The van der Waals surface area contributed by atoms with Crippen LogP contribution < -0.4 is 16.2 Å². The zero-order valence-corrected chi connectivity index (χ0v) is 28.7. The van der Waals surface area contributed by atoms with Gasteiger partial charge in [0, 0.05) is 61.1 Å². The number of carbonyl (C=O) groups is 2. The molecule has 12 nitrogen and oxygen atoms in total. The number of aromatic nitrogens is 4. The van der Waals surface area contributed by atoms with Gasteiger partial charge in [0.1, 0.15) is 6.17 Å². The van der Waals surface area contributed by atoms with Gasteiger partial charge < -0.3 is 15.1 Å². The molecule has 0 spiro atoms. The Hall–Kier alpha value is -3.84. The molecule has 3 N–H and O–H groups in total. The fourth-order valence-corrected chi connectivity index (χ4v) is 7.38. The van der Waals surface area contributed by atoms with Gasteiger partial charge in [-0.05, 0) is 78.6 Å². The maximum Gasteiger partial charge on any atom is 0.276 e. The number of nitrogens with one attached hydrogen (secondary N) is 3. The highest BCUT2D eigenvalue weighted by molar-refractivity contribution is 6.06. The summed E-state index contributed by atoms with van der Waals surface area (Å²) in [5.41, 5.74) is 10.3. The van der Waals surface area contributed by atoms with Crippen molar-refractivity contribution >= 4 is 33.6 Å². The third kappa shape index (κ3) is 6.71. The quantitative estimate of drug-likeness (QED) is 0.165. The number of hydrogen-bond donors (Lipinski definition) is 3. The zero-order chi connectivity index (χ0) is 33.4. The summed E-state index contributed by atoms with van der Waals surface area (Å²) in [6.45, 7) is 14.6. The highest BCUT2D eigenvalue weighted by atomic mass is 16.2. The highest BCUT2D eigenvalue weighted by Crippen LogP contribution is 2.30. The minimum atomic E-state index is -0.106. The average Bonchev–Trinajstić information content (AvgIpc) is 3.65. The number of benzene rings is 2. The van der Waals surface area contributed by atoms with Crippen LogP contribution in [0, 0.1) is 0 Å². The normalized spacial score (nSPS) is 20.0. The maximum atomic E-state index is 13.5. The van der Waals surface area contributed by atoms with E-state index in [1.807, 2.05) is 62.8 Å².